The lowest BCUT2D eigenvalue weighted by Crippen LogP contribution is -2.61. The Balaban J connectivity index is 1.25. The molecule has 0 radical (unpaired) electrons. The molecule has 3 aromatic rings. The van der Waals surface area contributed by atoms with Crippen LogP contribution in [0.3, 0.4) is 0 Å². The number of amides is 2. The van der Waals surface area contributed by atoms with E-state index in [9.17, 15) is 4.79 Å². The number of aryl methyl sites for hydroxylation is 1. The number of aromatic amines is 1. The van der Waals surface area contributed by atoms with Gasteiger partial charge in [0.15, 0.2) is 0 Å². The number of hydrogen-bond donors (Lipinski definition) is 2. The Bertz CT molecular complexity index is 1200. The average Bonchev–Trinajstić information content (AvgIpc) is 3.36. The van der Waals surface area contributed by atoms with Crippen LogP contribution in [0.4, 0.5) is 4.79 Å². The molecule has 0 aliphatic heterocycles. The van der Waals surface area contributed by atoms with Crippen molar-refractivity contribution in [3.8, 4) is 17.0 Å². The maximum absolute atomic E-state index is 14.0. The van der Waals surface area contributed by atoms with E-state index in [1.54, 1.807) is 7.11 Å². The van der Waals surface area contributed by atoms with Crippen molar-refractivity contribution in [2.24, 2.45) is 17.8 Å². The minimum atomic E-state index is -0.0225. The summed E-state index contributed by atoms with van der Waals surface area (Å²) in [6.07, 6.45) is 10.4. The minimum absolute atomic E-state index is 0.0225. The third-order valence-electron chi connectivity index (χ3n) is 8.96. The number of nitrogens with zero attached hydrogens (tertiary/aromatic N) is 2. The summed E-state index contributed by atoms with van der Waals surface area (Å²) in [4.78, 5) is 16.0. The van der Waals surface area contributed by atoms with Gasteiger partial charge in [-0.3, -0.25) is 5.10 Å². The number of ether oxygens (including phenoxy) is 1. The Morgan fingerprint density at radius 2 is 1.59 bits per heavy atom. The topological polar surface area (TPSA) is 70.2 Å². The molecule has 4 aliphatic carbocycles. The third kappa shape index (κ3) is 4.98. The van der Waals surface area contributed by atoms with Gasteiger partial charge in [-0.1, -0.05) is 31.2 Å². The van der Waals surface area contributed by atoms with Gasteiger partial charge in [-0.25, -0.2) is 4.79 Å². The molecule has 2 N–H and O–H groups in total. The first-order valence-electron chi connectivity index (χ1n) is 13.8. The summed E-state index contributed by atoms with van der Waals surface area (Å²) in [5.41, 5.74) is 5.41. The molecular formula is C31H38N4O2. The Morgan fingerprint density at radius 3 is 2.19 bits per heavy atom. The first-order valence-corrected chi connectivity index (χ1v) is 13.8. The summed E-state index contributed by atoms with van der Waals surface area (Å²) in [7, 11) is 1.67. The van der Waals surface area contributed by atoms with E-state index in [1.165, 1.54) is 24.8 Å². The fourth-order valence-corrected chi connectivity index (χ4v) is 7.51. The average molecular weight is 499 g/mol. The summed E-state index contributed by atoms with van der Waals surface area (Å²) >= 11 is 0. The zero-order valence-electron chi connectivity index (χ0n) is 22.0. The van der Waals surface area contributed by atoms with E-state index in [-0.39, 0.29) is 11.6 Å². The van der Waals surface area contributed by atoms with Crippen molar-refractivity contribution in [1.82, 2.24) is 20.4 Å². The Hall–Kier alpha value is -3.28. The van der Waals surface area contributed by atoms with Gasteiger partial charge in [-0.2, -0.15) is 5.10 Å². The largest absolute Gasteiger partial charge is 0.497 e. The molecule has 194 valence electrons. The quantitative estimate of drug-likeness (QED) is 0.381. The predicted octanol–water partition coefficient (Wildman–Crippen LogP) is 6.33. The van der Waals surface area contributed by atoms with Gasteiger partial charge in [0.05, 0.1) is 25.5 Å². The molecule has 37 heavy (non-hydrogen) atoms. The van der Waals surface area contributed by atoms with Crippen LogP contribution in [0.1, 0.15) is 62.1 Å². The summed E-state index contributed by atoms with van der Waals surface area (Å²) in [5, 5.41) is 11.1. The molecule has 1 heterocycles. The van der Waals surface area contributed by atoms with Crippen molar-refractivity contribution in [3.05, 3.63) is 71.4 Å². The smallest absolute Gasteiger partial charge is 0.318 e. The van der Waals surface area contributed by atoms with Crippen LogP contribution >= 0.6 is 0 Å². The highest BCUT2D eigenvalue weighted by Gasteiger charge is 2.51. The van der Waals surface area contributed by atoms with Crippen LogP contribution in [0.5, 0.6) is 5.75 Å². The van der Waals surface area contributed by atoms with Crippen molar-refractivity contribution < 1.29 is 9.53 Å². The summed E-state index contributed by atoms with van der Waals surface area (Å²) in [6, 6.07) is 16.7. The lowest BCUT2D eigenvalue weighted by Gasteiger charge is -2.57. The van der Waals surface area contributed by atoms with E-state index in [2.05, 4.69) is 46.7 Å². The molecule has 0 saturated heterocycles. The number of aromatic nitrogens is 2. The number of carbonyl (C=O) groups excluding carboxylic acids is 1. The molecule has 4 fully saturated rings. The molecule has 2 amide bonds. The maximum atomic E-state index is 14.0. The normalized spacial score (nSPS) is 25.7. The summed E-state index contributed by atoms with van der Waals surface area (Å²) in [5.74, 6) is 3.18. The van der Waals surface area contributed by atoms with Crippen LogP contribution in [0, 0.1) is 17.8 Å². The van der Waals surface area contributed by atoms with E-state index in [0.29, 0.717) is 13.1 Å². The molecule has 6 heteroatoms. The maximum Gasteiger partial charge on any atom is 0.318 e. The Kier molecular flexibility index (Phi) is 6.43. The molecule has 0 atom stereocenters. The van der Waals surface area contributed by atoms with Crippen LogP contribution in [-0.2, 0) is 19.5 Å². The summed E-state index contributed by atoms with van der Waals surface area (Å²) in [6.45, 7) is 3.22. The molecule has 7 rings (SSSR count). The van der Waals surface area contributed by atoms with Gasteiger partial charge in [0.2, 0.25) is 0 Å². The minimum Gasteiger partial charge on any atom is -0.497 e. The SMILES string of the molecule is CCc1ccc(CN(Cc2cn[nH]c2-c2ccc(OC)cc2)C(=O)NC23CC4CC(CC(C4)C2)C3)cc1. The van der Waals surface area contributed by atoms with E-state index in [4.69, 9.17) is 4.74 Å². The van der Waals surface area contributed by atoms with Gasteiger partial charge in [0.1, 0.15) is 5.75 Å². The van der Waals surface area contributed by atoms with Crippen molar-refractivity contribution in [3.63, 3.8) is 0 Å². The van der Waals surface area contributed by atoms with Crippen molar-refractivity contribution in [1.29, 1.82) is 0 Å². The second kappa shape index (κ2) is 9.88. The highest BCUT2D eigenvalue weighted by molar-refractivity contribution is 5.76. The standard InChI is InChI=1S/C31H38N4O2/c1-3-21-4-6-22(7-5-21)19-35(20-27-18-32-34-29(27)26-8-10-28(37-2)11-9-26)30(36)33-31-15-23-12-24(16-31)14-25(13-23)17-31/h4-11,18,23-25H,3,12-17,19-20H2,1-2H3,(H,32,34)(H,33,36). The number of benzene rings is 2. The third-order valence-corrected chi connectivity index (χ3v) is 8.96. The summed E-state index contributed by atoms with van der Waals surface area (Å²) < 4.78 is 5.32. The van der Waals surface area contributed by atoms with Crippen LogP contribution < -0.4 is 10.1 Å². The van der Waals surface area contributed by atoms with Crippen LogP contribution in [0.2, 0.25) is 0 Å². The second-order valence-corrected chi connectivity index (χ2v) is 11.7. The monoisotopic (exact) mass is 498 g/mol. The lowest BCUT2D eigenvalue weighted by molar-refractivity contribution is -0.0159. The fourth-order valence-electron chi connectivity index (χ4n) is 7.51. The van der Waals surface area contributed by atoms with E-state index >= 15 is 0 Å². The van der Waals surface area contributed by atoms with Crippen LogP contribution in [-0.4, -0.2) is 33.8 Å². The molecule has 6 nitrogen and oxygen atoms in total. The molecule has 2 aromatic carbocycles. The highest BCUT2D eigenvalue weighted by atomic mass is 16.5. The predicted molar refractivity (Wildman–Crippen MR) is 145 cm³/mol. The van der Waals surface area contributed by atoms with Gasteiger partial charge in [0, 0.05) is 23.2 Å². The number of rotatable bonds is 8. The number of hydrogen-bond acceptors (Lipinski definition) is 3. The molecule has 0 spiro atoms. The fraction of sp³-hybridized carbons (Fsp3) is 0.484. The molecule has 1 aromatic heterocycles. The van der Waals surface area contributed by atoms with Crippen molar-refractivity contribution >= 4 is 6.03 Å². The number of H-pyrrole nitrogens is 1. The Morgan fingerprint density at radius 1 is 0.973 bits per heavy atom. The highest BCUT2D eigenvalue weighted by Crippen LogP contribution is 2.55. The lowest BCUT2D eigenvalue weighted by atomic mass is 9.53. The van der Waals surface area contributed by atoms with Gasteiger partial charge in [-0.05, 0) is 98.1 Å². The van der Waals surface area contributed by atoms with E-state index < -0.39 is 0 Å². The van der Waals surface area contributed by atoms with Gasteiger partial charge in [0.25, 0.3) is 0 Å². The number of carbonyl (C=O) groups is 1. The molecule has 4 aliphatic rings. The van der Waals surface area contributed by atoms with Crippen LogP contribution in [0.15, 0.2) is 54.7 Å². The number of methoxy groups -OCH3 is 1. The zero-order valence-corrected chi connectivity index (χ0v) is 22.0. The molecule has 4 saturated carbocycles. The van der Waals surface area contributed by atoms with Crippen LogP contribution in [0.25, 0.3) is 11.3 Å². The van der Waals surface area contributed by atoms with Crippen molar-refractivity contribution in [2.75, 3.05) is 7.11 Å². The molecule has 0 unspecified atom stereocenters. The van der Waals surface area contributed by atoms with Gasteiger partial charge in [-0.15, -0.1) is 0 Å². The zero-order chi connectivity index (χ0) is 25.4. The van der Waals surface area contributed by atoms with E-state index in [0.717, 1.165) is 71.6 Å². The molecule has 4 bridgehead atoms. The van der Waals surface area contributed by atoms with E-state index in [1.807, 2.05) is 35.4 Å². The van der Waals surface area contributed by atoms with Gasteiger partial charge >= 0.3 is 6.03 Å². The second-order valence-electron chi connectivity index (χ2n) is 11.7. The number of urea groups is 1. The number of nitrogens with one attached hydrogen (secondary N) is 2. The van der Waals surface area contributed by atoms with Crippen molar-refractivity contribution in [2.45, 2.75) is 70.5 Å². The van der Waals surface area contributed by atoms with Gasteiger partial charge < -0.3 is 15.0 Å². The Labute approximate surface area is 219 Å². The first kappa shape index (κ1) is 24.1. The first-order chi connectivity index (χ1) is 18.0. The molecular weight excluding hydrogens is 460 g/mol.